The van der Waals surface area contributed by atoms with Gasteiger partial charge in [0.2, 0.25) is 0 Å². The van der Waals surface area contributed by atoms with Gasteiger partial charge in [0.25, 0.3) is 0 Å². The molecular formula is C13H19N. The Kier molecular flexibility index (Phi) is 4.41. The number of hydrogen-bond donors (Lipinski definition) is 0. The van der Waals surface area contributed by atoms with Crippen LogP contribution in [0, 0.1) is 0 Å². The van der Waals surface area contributed by atoms with Crippen LogP contribution >= 0.6 is 0 Å². The summed E-state index contributed by atoms with van der Waals surface area (Å²) in [4.78, 5) is 2.44. The molecule has 1 saturated heterocycles. The molecule has 76 valence electrons. The first kappa shape index (κ1) is 11.0. The van der Waals surface area contributed by atoms with E-state index in [2.05, 4.69) is 24.6 Å². The van der Waals surface area contributed by atoms with Gasteiger partial charge in [-0.05, 0) is 18.4 Å². The Labute approximate surface area is 87.1 Å². The number of piperidine rings is 1. The third-order valence-corrected chi connectivity index (χ3v) is 2.56. The van der Waals surface area contributed by atoms with Crippen LogP contribution in [0.3, 0.4) is 0 Å². The lowest BCUT2D eigenvalue weighted by Gasteiger charge is -2.28. The van der Waals surface area contributed by atoms with Crippen molar-refractivity contribution in [3.8, 4) is 0 Å². The molecule has 0 N–H and O–H groups in total. The van der Waals surface area contributed by atoms with E-state index >= 15 is 0 Å². The number of hydrogen-bond acceptors (Lipinski definition) is 1. The normalized spacial score (nSPS) is 19.4. The third-order valence-electron chi connectivity index (χ3n) is 2.56. The van der Waals surface area contributed by atoms with Crippen LogP contribution < -0.4 is 0 Å². The minimum absolute atomic E-state index is 0.989. The number of likely N-dealkylation sites (tertiary alicyclic amines) is 1. The maximum absolute atomic E-state index is 4.01. The molecule has 0 spiro atoms. The van der Waals surface area contributed by atoms with Gasteiger partial charge in [0.15, 0.2) is 0 Å². The molecule has 1 aliphatic rings. The summed E-state index contributed by atoms with van der Waals surface area (Å²) >= 11 is 0. The quantitative estimate of drug-likeness (QED) is 0.485. The van der Waals surface area contributed by atoms with Crippen molar-refractivity contribution in [2.24, 2.45) is 0 Å². The zero-order valence-electron chi connectivity index (χ0n) is 8.84. The lowest BCUT2D eigenvalue weighted by molar-refractivity contribution is 0.279. The molecule has 0 aromatic carbocycles. The van der Waals surface area contributed by atoms with Crippen LogP contribution in [0.15, 0.2) is 49.1 Å². The monoisotopic (exact) mass is 189 g/mol. The van der Waals surface area contributed by atoms with Crippen LogP contribution in [-0.4, -0.2) is 24.5 Å². The molecule has 0 saturated carbocycles. The van der Waals surface area contributed by atoms with Crippen molar-refractivity contribution in [2.45, 2.75) is 12.8 Å². The zero-order chi connectivity index (χ0) is 10.4. The highest BCUT2D eigenvalue weighted by molar-refractivity contribution is 5.22. The summed E-state index contributed by atoms with van der Waals surface area (Å²) in [5.74, 6) is 0. The van der Waals surface area contributed by atoms with Crippen molar-refractivity contribution in [1.29, 1.82) is 0 Å². The van der Waals surface area contributed by atoms with Crippen LogP contribution in [0.5, 0.6) is 0 Å². The summed E-state index contributed by atoms with van der Waals surface area (Å²) in [5.41, 5.74) is 2.63. The number of allylic oxidation sites excluding steroid dienone is 2. The largest absolute Gasteiger partial charge is 0.298 e. The summed E-state index contributed by atoms with van der Waals surface area (Å²) in [6, 6.07) is 0. The molecule has 1 heteroatoms. The van der Waals surface area contributed by atoms with E-state index in [1.54, 1.807) is 0 Å². The maximum Gasteiger partial charge on any atom is 0.0233 e. The third kappa shape index (κ3) is 3.35. The standard InChI is InChI=1S/C13H19N/c1-4-6-13(5-2)11-14-9-7-12(3)8-10-14/h4-6H,1-3,7-11H2/b13-6+. The molecule has 0 amide bonds. The summed E-state index contributed by atoms with van der Waals surface area (Å²) in [7, 11) is 0. The van der Waals surface area contributed by atoms with Crippen LogP contribution in [0.4, 0.5) is 0 Å². The second kappa shape index (κ2) is 5.61. The van der Waals surface area contributed by atoms with Gasteiger partial charge >= 0.3 is 0 Å². The molecule has 1 aliphatic heterocycles. The van der Waals surface area contributed by atoms with Crippen LogP contribution in [0.2, 0.25) is 0 Å². The van der Waals surface area contributed by atoms with E-state index < -0.39 is 0 Å². The smallest absolute Gasteiger partial charge is 0.0233 e. The highest BCUT2D eigenvalue weighted by atomic mass is 15.1. The van der Waals surface area contributed by atoms with Gasteiger partial charge in [0.05, 0.1) is 0 Å². The lowest BCUT2D eigenvalue weighted by Crippen LogP contribution is -2.31. The van der Waals surface area contributed by atoms with E-state index in [-0.39, 0.29) is 0 Å². The summed E-state index contributed by atoms with van der Waals surface area (Å²) in [6.45, 7) is 14.7. The predicted octanol–water partition coefficient (Wildman–Crippen LogP) is 2.94. The number of rotatable bonds is 4. The highest BCUT2D eigenvalue weighted by Crippen LogP contribution is 2.15. The lowest BCUT2D eigenvalue weighted by atomic mass is 10.1. The van der Waals surface area contributed by atoms with Crippen molar-refractivity contribution in [1.82, 2.24) is 4.90 Å². The maximum atomic E-state index is 4.01. The molecule has 0 aliphatic carbocycles. The second-order valence-electron chi connectivity index (χ2n) is 3.71. The first-order chi connectivity index (χ1) is 6.76. The van der Waals surface area contributed by atoms with Crippen molar-refractivity contribution >= 4 is 0 Å². The van der Waals surface area contributed by atoms with E-state index in [9.17, 15) is 0 Å². The second-order valence-corrected chi connectivity index (χ2v) is 3.71. The van der Waals surface area contributed by atoms with E-state index in [0.717, 1.165) is 32.5 Å². The van der Waals surface area contributed by atoms with Gasteiger partial charge in [-0.25, -0.2) is 0 Å². The van der Waals surface area contributed by atoms with Crippen LogP contribution in [-0.2, 0) is 0 Å². The zero-order valence-corrected chi connectivity index (χ0v) is 8.84. The van der Waals surface area contributed by atoms with E-state index in [4.69, 9.17) is 0 Å². The minimum Gasteiger partial charge on any atom is -0.298 e. The Morgan fingerprint density at radius 3 is 2.43 bits per heavy atom. The van der Waals surface area contributed by atoms with E-state index in [1.165, 1.54) is 11.1 Å². The van der Waals surface area contributed by atoms with Crippen molar-refractivity contribution in [3.63, 3.8) is 0 Å². The SMILES string of the molecule is C=C/C=C(\C=C)CN1CCC(=C)CC1. The van der Waals surface area contributed by atoms with Gasteiger partial charge in [-0.2, -0.15) is 0 Å². The van der Waals surface area contributed by atoms with Crippen LogP contribution in [0.25, 0.3) is 0 Å². The van der Waals surface area contributed by atoms with Gasteiger partial charge in [-0.1, -0.05) is 43.5 Å². The molecule has 0 unspecified atom stereocenters. The Bertz CT molecular complexity index is 250. The van der Waals surface area contributed by atoms with Crippen LogP contribution in [0.1, 0.15) is 12.8 Å². The Hall–Kier alpha value is -1.08. The summed E-state index contributed by atoms with van der Waals surface area (Å²) < 4.78 is 0. The molecule has 1 fully saturated rings. The Balaban J connectivity index is 2.43. The fourth-order valence-electron chi connectivity index (χ4n) is 1.62. The summed E-state index contributed by atoms with van der Waals surface area (Å²) in [6.07, 6.45) is 8.03. The van der Waals surface area contributed by atoms with Gasteiger partial charge in [-0.3, -0.25) is 4.90 Å². The van der Waals surface area contributed by atoms with Gasteiger partial charge in [-0.15, -0.1) is 0 Å². The molecule has 1 rings (SSSR count). The van der Waals surface area contributed by atoms with E-state index in [0.29, 0.717) is 0 Å². The fourth-order valence-corrected chi connectivity index (χ4v) is 1.62. The average Bonchev–Trinajstić information content (AvgIpc) is 2.20. The highest BCUT2D eigenvalue weighted by Gasteiger charge is 2.12. The topological polar surface area (TPSA) is 3.24 Å². The molecule has 14 heavy (non-hydrogen) atoms. The number of nitrogens with zero attached hydrogens (tertiary/aromatic N) is 1. The first-order valence-corrected chi connectivity index (χ1v) is 5.09. The van der Waals surface area contributed by atoms with Crippen molar-refractivity contribution in [2.75, 3.05) is 19.6 Å². The Morgan fingerprint density at radius 2 is 1.93 bits per heavy atom. The molecular weight excluding hydrogens is 170 g/mol. The predicted molar refractivity (Wildman–Crippen MR) is 63.3 cm³/mol. The summed E-state index contributed by atoms with van der Waals surface area (Å²) in [5, 5.41) is 0. The molecule has 1 heterocycles. The fraction of sp³-hybridized carbons (Fsp3) is 0.385. The van der Waals surface area contributed by atoms with Gasteiger partial charge in [0, 0.05) is 19.6 Å². The molecule has 1 nitrogen and oxygen atoms in total. The average molecular weight is 189 g/mol. The van der Waals surface area contributed by atoms with Crippen molar-refractivity contribution in [3.05, 3.63) is 49.1 Å². The van der Waals surface area contributed by atoms with Gasteiger partial charge < -0.3 is 0 Å². The van der Waals surface area contributed by atoms with Crippen molar-refractivity contribution < 1.29 is 0 Å². The molecule has 0 atom stereocenters. The van der Waals surface area contributed by atoms with Gasteiger partial charge in [0.1, 0.15) is 0 Å². The van der Waals surface area contributed by atoms with E-state index in [1.807, 2.05) is 18.2 Å². The Morgan fingerprint density at radius 1 is 1.29 bits per heavy atom. The molecule has 0 bridgehead atoms. The minimum atomic E-state index is 0.989. The molecule has 0 aromatic heterocycles. The molecule has 0 radical (unpaired) electrons. The first-order valence-electron chi connectivity index (χ1n) is 5.09. The molecule has 0 aromatic rings.